The van der Waals surface area contributed by atoms with E-state index in [4.69, 9.17) is 9.47 Å². The van der Waals surface area contributed by atoms with E-state index in [1.54, 1.807) is 44.2 Å². The van der Waals surface area contributed by atoms with Crippen LogP contribution >= 0.6 is 0 Å². The average Bonchev–Trinajstić information content (AvgIpc) is 2.60. The quantitative estimate of drug-likeness (QED) is 0.836. The van der Waals surface area contributed by atoms with Crippen molar-refractivity contribution in [2.24, 2.45) is 0 Å². The maximum absolute atomic E-state index is 12.4. The van der Waals surface area contributed by atoms with E-state index in [9.17, 15) is 13.2 Å². The monoisotopic (exact) mass is 376 g/mol. The fourth-order valence-electron chi connectivity index (χ4n) is 2.48. The van der Waals surface area contributed by atoms with E-state index >= 15 is 0 Å². The highest BCUT2D eigenvalue weighted by Gasteiger charge is 2.17. The number of sulfonamides is 1. The van der Waals surface area contributed by atoms with Crippen molar-refractivity contribution in [2.45, 2.75) is 24.8 Å². The predicted molar refractivity (Wildman–Crippen MR) is 97.3 cm³/mol. The van der Waals surface area contributed by atoms with E-state index in [0.29, 0.717) is 36.0 Å². The van der Waals surface area contributed by atoms with Crippen molar-refractivity contribution < 1.29 is 22.7 Å². The highest BCUT2D eigenvalue weighted by atomic mass is 32.2. The van der Waals surface area contributed by atoms with Crippen LogP contribution in [0.15, 0.2) is 47.4 Å². The van der Waals surface area contributed by atoms with Crippen molar-refractivity contribution in [3.63, 3.8) is 0 Å². The van der Waals surface area contributed by atoms with Gasteiger partial charge in [-0.2, -0.15) is 0 Å². The molecular formula is C18H20N2O5S. The van der Waals surface area contributed by atoms with Gasteiger partial charge in [0.05, 0.1) is 4.90 Å². The number of anilines is 1. The first kappa shape index (κ1) is 18.2. The number of carbonyl (C=O) groups excluding carboxylic acids is 1. The summed E-state index contributed by atoms with van der Waals surface area (Å²) in [6.45, 7) is 4.43. The lowest BCUT2D eigenvalue weighted by atomic mass is 10.1. The van der Waals surface area contributed by atoms with Gasteiger partial charge in [0.15, 0.2) is 11.5 Å². The lowest BCUT2D eigenvalue weighted by Crippen LogP contribution is -2.30. The van der Waals surface area contributed by atoms with Gasteiger partial charge in [0.2, 0.25) is 10.0 Å². The van der Waals surface area contributed by atoms with Gasteiger partial charge in [0.1, 0.15) is 13.2 Å². The Bertz CT molecular complexity index is 908. The topological polar surface area (TPSA) is 93.7 Å². The first-order valence-electron chi connectivity index (χ1n) is 8.18. The highest BCUT2D eigenvalue weighted by molar-refractivity contribution is 7.89. The van der Waals surface area contributed by atoms with Crippen LogP contribution in [-0.2, 0) is 10.0 Å². The minimum atomic E-state index is -3.56. The molecule has 1 heterocycles. The van der Waals surface area contributed by atoms with Crippen LogP contribution in [0.5, 0.6) is 11.5 Å². The minimum absolute atomic E-state index is 0.142. The van der Waals surface area contributed by atoms with Gasteiger partial charge >= 0.3 is 0 Å². The summed E-state index contributed by atoms with van der Waals surface area (Å²) in [5.41, 5.74) is 0.917. The van der Waals surface area contributed by atoms with Crippen LogP contribution in [0.3, 0.4) is 0 Å². The van der Waals surface area contributed by atoms with E-state index in [2.05, 4.69) is 10.0 Å². The van der Waals surface area contributed by atoms with E-state index < -0.39 is 10.0 Å². The van der Waals surface area contributed by atoms with Gasteiger partial charge in [-0.3, -0.25) is 4.79 Å². The van der Waals surface area contributed by atoms with Crippen LogP contribution < -0.4 is 19.5 Å². The molecule has 1 amide bonds. The lowest BCUT2D eigenvalue weighted by molar-refractivity contribution is 0.102. The Morgan fingerprint density at radius 2 is 1.65 bits per heavy atom. The summed E-state index contributed by atoms with van der Waals surface area (Å²) in [5, 5.41) is 2.73. The largest absolute Gasteiger partial charge is 0.486 e. The van der Waals surface area contributed by atoms with Crippen LogP contribution in [0.25, 0.3) is 0 Å². The summed E-state index contributed by atoms with van der Waals surface area (Å²) in [4.78, 5) is 12.5. The predicted octanol–water partition coefficient (Wildman–Crippen LogP) is 2.40. The summed E-state index contributed by atoms with van der Waals surface area (Å²) in [5.74, 6) is 0.822. The molecule has 0 bridgehead atoms. The highest BCUT2D eigenvalue weighted by Crippen LogP contribution is 2.31. The zero-order chi connectivity index (χ0) is 18.7. The molecule has 7 nitrogen and oxygen atoms in total. The third-order valence-electron chi connectivity index (χ3n) is 3.62. The molecule has 8 heteroatoms. The number of hydrogen-bond acceptors (Lipinski definition) is 5. The molecule has 0 aromatic heterocycles. The molecule has 2 aromatic rings. The number of carbonyl (C=O) groups is 1. The van der Waals surface area contributed by atoms with Gasteiger partial charge < -0.3 is 14.8 Å². The Morgan fingerprint density at radius 1 is 1.00 bits per heavy atom. The Balaban J connectivity index is 1.72. The Morgan fingerprint density at radius 3 is 2.31 bits per heavy atom. The third kappa shape index (κ3) is 4.14. The number of benzene rings is 2. The van der Waals surface area contributed by atoms with Gasteiger partial charge in [-0.05, 0) is 56.3 Å². The molecule has 0 saturated heterocycles. The molecule has 0 atom stereocenters. The number of fused-ring (bicyclic) bond motifs is 1. The Kier molecular flexibility index (Phi) is 5.15. The number of amides is 1. The standard InChI is InChI=1S/C18H20N2O5S/c1-12(2)20-26(22,23)15-6-4-14(5-7-15)19-18(21)13-3-8-16-17(11-13)25-10-9-24-16/h3-8,11-12,20H,9-10H2,1-2H3,(H,19,21). The van der Waals surface area contributed by atoms with Crippen LogP contribution in [0.4, 0.5) is 5.69 Å². The van der Waals surface area contributed by atoms with Crippen LogP contribution in [-0.4, -0.2) is 33.6 Å². The number of rotatable bonds is 5. The maximum atomic E-state index is 12.4. The van der Waals surface area contributed by atoms with Crippen LogP contribution in [0, 0.1) is 0 Å². The fraction of sp³-hybridized carbons (Fsp3) is 0.278. The van der Waals surface area contributed by atoms with E-state index in [1.807, 2.05) is 0 Å². The Labute approximate surface area is 152 Å². The molecular weight excluding hydrogens is 356 g/mol. The molecule has 0 radical (unpaired) electrons. The third-order valence-corrected chi connectivity index (χ3v) is 5.29. The number of nitrogens with one attached hydrogen (secondary N) is 2. The molecule has 3 rings (SSSR count). The van der Waals surface area contributed by atoms with Crippen molar-refractivity contribution >= 4 is 21.6 Å². The first-order chi connectivity index (χ1) is 12.3. The second-order valence-corrected chi connectivity index (χ2v) is 7.83. The van der Waals surface area contributed by atoms with Gasteiger partial charge in [-0.1, -0.05) is 0 Å². The smallest absolute Gasteiger partial charge is 0.255 e. The van der Waals surface area contributed by atoms with Crippen molar-refractivity contribution in [3.8, 4) is 11.5 Å². The summed E-state index contributed by atoms with van der Waals surface area (Å²) >= 11 is 0. The van der Waals surface area contributed by atoms with E-state index in [0.717, 1.165) is 0 Å². The van der Waals surface area contributed by atoms with Gasteiger partial charge in [0, 0.05) is 17.3 Å². The van der Waals surface area contributed by atoms with Crippen molar-refractivity contribution in [1.29, 1.82) is 0 Å². The number of ether oxygens (including phenoxy) is 2. The number of hydrogen-bond donors (Lipinski definition) is 2. The molecule has 138 valence electrons. The molecule has 2 aromatic carbocycles. The van der Waals surface area contributed by atoms with Crippen molar-refractivity contribution in [3.05, 3.63) is 48.0 Å². The molecule has 1 aliphatic rings. The van der Waals surface area contributed by atoms with E-state index in [-0.39, 0.29) is 16.8 Å². The molecule has 0 aliphatic carbocycles. The average molecular weight is 376 g/mol. The molecule has 0 fully saturated rings. The summed E-state index contributed by atoms with van der Waals surface area (Å²) in [7, 11) is -3.56. The summed E-state index contributed by atoms with van der Waals surface area (Å²) in [6, 6.07) is 10.7. The zero-order valence-electron chi connectivity index (χ0n) is 14.5. The maximum Gasteiger partial charge on any atom is 0.255 e. The normalized spacial score (nSPS) is 13.5. The SMILES string of the molecule is CC(C)NS(=O)(=O)c1ccc(NC(=O)c2ccc3c(c2)OCCO3)cc1. The van der Waals surface area contributed by atoms with Crippen molar-refractivity contribution in [1.82, 2.24) is 4.72 Å². The van der Waals surface area contributed by atoms with E-state index in [1.165, 1.54) is 12.1 Å². The summed E-state index contributed by atoms with van der Waals surface area (Å²) < 4.78 is 37.6. The second-order valence-electron chi connectivity index (χ2n) is 6.11. The second kappa shape index (κ2) is 7.35. The van der Waals surface area contributed by atoms with Gasteiger partial charge in [-0.25, -0.2) is 13.1 Å². The lowest BCUT2D eigenvalue weighted by Gasteiger charge is -2.18. The fourth-order valence-corrected chi connectivity index (χ4v) is 3.73. The zero-order valence-corrected chi connectivity index (χ0v) is 15.3. The van der Waals surface area contributed by atoms with Crippen molar-refractivity contribution in [2.75, 3.05) is 18.5 Å². The first-order valence-corrected chi connectivity index (χ1v) is 9.67. The Hall–Kier alpha value is -2.58. The van der Waals surface area contributed by atoms with Gasteiger partial charge in [0.25, 0.3) is 5.91 Å². The molecule has 1 aliphatic heterocycles. The molecule has 2 N–H and O–H groups in total. The summed E-state index contributed by atoms with van der Waals surface area (Å²) in [6.07, 6.45) is 0. The molecule has 0 saturated carbocycles. The van der Waals surface area contributed by atoms with Crippen LogP contribution in [0.1, 0.15) is 24.2 Å². The molecule has 0 spiro atoms. The minimum Gasteiger partial charge on any atom is -0.486 e. The van der Waals surface area contributed by atoms with Crippen LogP contribution in [0.2, 0.25) is 0 Å². The van der Waals surface area contributed by atoms with Gasteiger partial charge in [-0.15, -0.1) is 0 Å². The molecule has 0 unspecified atom stereocenters. The molecule has 26 heavy (non-hydrogen) atoms.